The lowest BCUT2D eigenvalue weighted by atomic mass is 9.94. The summed E-state index contributed by atoms with van der Waals surface area (Å²) in [6, 6.07) is 9.11. The molecule has 2 rings (SSSR count). The maximum Gasteiger partial charge on any atom is 0.0349 e. The summed E-state index contributed by atoms with van der Waals surface area (Å²) < 4.78 is 0. The van der Waals surface area contributed by atoms with Crippen LogP contribution in [-0.2, 0) is 0 Å². The lowest BCUT2D eigenvalue weighted by molar-refractivity contribution is 0.442. The van der Waals surface area contributed by atoms with Crippen molar-refractivity contribution in [2.45, 2.75) is 46.1 Å². The molecule has 0 fully saturated rings. The molecule has 1 atom stereocenters. The maximum atomic E-state index is 4.30. The number of hydrogen-bond acceptors (Lipinski definition) is 2. The number of nitrogens with zero attached hydrogens (tertiary/aromatic N) is 1. The van der Waals surface area contributed by atoms with Gasteiger partial charge in [-0.15, -0.1) is 0 Å². The Hall–Kier alpha value is -1.41. The molecule has 2 aromatic rings. The third-order valence-corrected chi connectivity index (χ3v) is 3.77. The number of fused-ring (bicyclic) bond motifs is 1. The average Bonchev–Trinajstić information content (AvgIpc) is 2.47. The summed E-state index contributed by atoms with van der Waals surface area (Å²) in [6.45, 7) is 7.87. The molecule has 0 aliphatic rings. The highest BCUT2D eigenvalue weighted by Crippen LogP contribution is 2.27. The van der Waals surface area contributed by atoms with E-state index in [-0.39, 0.29) is 0 Å². The summed E-state index contributed by atoms with van der Waals surface area (Å²) in [5, 5.41) is 6.27. The van der Waals surface area contributed by atoms with Crippen LogP contribution in [-0.4, -0.2) is 11.5 Å². The first-order chi connectivity index (χ1) is 9.72. The van der Waals surface area contributed by atoms with Crippen molar-refractivity contribution in [1.82, 2.24) is 10.3 Å². The van der Waals surface area contributed by atoms with Crippen LogP contribution >= 0.6 is 0 Å². The molecule has 1 unspecified atom stereocenters. The molecule has 1 aromatic heterocycles. The Morgan fingerprint density at radius 1 is 1.15 bits per heavy atom. The first-order valence-corrected chi connectivity index (χ1v) is 7.78. The van der Waals surface area contributed by atoms with Crippen molar-refractivity contribution in [2.24, 2.45) is 5.92 Å². The maximum absolute atomic E-state index is 4.30. The van der Waals surface area contributed by atoms with Gasteiger partial charge in [0.25, 0.3) is 0 Å². The lowest BCUT2D eigenvalue weighted by Crippen LogP contribution is -2.22. The minimum atomic E-state index is 0.435. The standard InChI is InChI=1S/C18H26N2/c1-4-11-20-18(9-8-14(2)3)16-7-5-6-15-10-12-19-13-17(15)16/h5-7,10,12-14,18,20H,4,8-9,11H2,1-3H3. The van der Waals surface area contributed by atoms with Gasteiger partial charge in [-0.25, -0.2) is 0 Å². The number of nitrogens with one attached hydrogen (secondary N) is 1. The van der Waals surface area contributed by atoms with Gasteiger partial charge in [-0.2, -0.15) is 0 Å². The molecule has 0 saturated heterocycles. The molecule has 1 N–H and O–H groups in total. The van der Waals surface area contributed by atoms with Crippen molar-refractivity contribution < 1.29 is 0 Å². The van der Waals surface area contributed by atoms with E-state index in [1.54, 1.807) is 0 Å². The van der Waals surface area contributed by atoms with Gasteiger partial charge < -0.3 is 5.32 Å². The Bertz CT molecular complexity index is 528. The molecule has 2 nitrogen and oxygen atoms in total. The van der Waals surface area contributed by atoms with Crippen molar-refractivity contribution in [3.8, 4) is 0 Å². The molecule has 0 radical (unpaired) electrons. The smallest absolute Gasteiger partial charge is 0.0349 e. The number of aromatic nitrogens is 1. The van der Waals surface area contributed by atoms with Crippen LogP contribution in [0.2, 0.25) is 0 Å². The van der Waals surface area contributed by atoms with Gasteiger partial charge in [0.05, 0.1) is 0 Å². The predicted octanol–water partition coefficient (Wildman–Crippen LogP) is 4.71. The van der Waals surface area contributed by atoms with Crippen molar-refractivity contribution in [1.29, 1.82) is 0 Å². The van der Waals surface area contributed by atoms with E-state index in [1.807, 2.05) is 12.4 Å². The molecule has 0 aliphatic heterocycles. The monoisotopic (exact) mass is 270 g/mol. The summed E-state index contributed by atoms with van der Waals surface area (Å²) in [7, 11) is 0. The normalized spacial score (nSPS) is 13.0. The number of pyridine rings is 1. The molecule has 0 bridgehead atoms. The van der Waals surface area contributed by atoms with Crippen LogP contribution in [0.1, 0.15) is 51.6 Å². The predicted molar refractivity (Wildman–Crippen MR) is 86.8 cm³/mol. The van der Waals surface area contributed by atoms with Gasteiger partial charge in [-0.1, -0.05) is 39.0 Å². The topological polar surface area (TPSA) is 24.9 Å². The Morgan fingerprint density at radius 2 is 2.00 bits per heavy atom. The number of rotatable bonds is 7. The van der Waals surface area contributed by atoms with Gasteiger partial charge in [0, 0.05) is 23.8 Å². The van der Waals surface area contributed by atoms with Gasteiger partial charge >= 0.3 is 0 Å². The molecular formula is C18H26N2. The van der Waals surface area contributed by atoms with E-state index in [1.165, 1.54) is 35.6 Å². The molecule has 2 heteroatoms. The third kappa shape index (κ3) is 3.80. The second-order valence-corrected chi connectivity index (χ2v) is 5.92. The highest BCUT2D eigenvalue weighted by molar-refractivity contribution is 5.85. The van der Waals surface area contributed by atoms with Gasteiger partial charge in [-0.3, -0.25) is 4.98 Å². The van der Waals surface area contributed by atoms with E-state index in [2.05, 4.69) is 55.3 Å². The summed E-state index contributed by atoms with van der Waals surface area (Å²) in [5.74, 6) is 0.744. The summed E-state index contributed by atoms with van der Waals surface area (Å²) in [4.78, 5) is 4.30. The molecule has 1 aromatic carbocycles. The number of benzene rings is 1. The first-order valence-electron chi connectivity index (χ1n) is 7.78. The van der Waals surface area contributed by atoms with Crippen molar-refractivity contribution in [3.63, 3.8) is 0 Å². The van der Waals surface area contributed by atoms with Crippen LogP contribution in [0.15, 0.2) is 36.7 Å². The van der Waals surface area contributed by atoms with Crippen LogP contribution in [0.3, 0.4) is 0 Å². The summed E-state index contributed by atoms with van der Waals surface area (Å²) >= 11 is 0. The first kappa shape index (κ1) is 15.0. The van der Waals surface area contributed by atoms with E-state index in [0.717, 1.165) is 12.5 Å². The second-order valence-electron chi connectivity index (χ2n) is 5.92. The highest BCUT2D eigenvalue weighted by Gasteiger charge is 2.14. The van der Waals surface area contributed by atoms with Crippen LogP contribution in [0.25, 0.3) is 10.8 Å². The minimum absolute atomic E-state index is 0.435. The molecule has 1 heterocycles. The Labute approximate surface area is 122 Å². The van der Waals surface area contributed by atoms with Crippen molar-refractivity contribution >= 4 is 10.8 Å². The molecule has 0 saturated carbocycles. The van der Waals surface area contributed by atoms with Gasteiger partial charge in [0.2, 0.25) is 0 Å². The fourth-order valence-electron chi connectivity index (χ4n) is 2.63. The fraction of sp³-hybridized carbons (Fsp3) is 0.500. The lowest BCUT2D eigenvalue weighted by Gasteiger charge is -2.21. The SMILES string of the molecule is CCCNC(CCC(C)C)c1cccc2ccncc12. The summed E-state index contributed by atoms with van der Waals surface area (Å²) in [5.41, 5.74) is 1.39. The van der Waals surface area contributed by atoms with E-state index < -0.39 is 0 Å². The van der Waals surface area contributed by atoms with Crippen LogP contribution in [0.4, 0.5) is 0 Å². The molecule has 108 valence electrons. The quantitative estimate of drug-likeness (QED) is 0.788. The van der Waals surface area contributed by atoms with Gasteiger partial charge in [-0.05, 0) is 48.7 Å². The van der Waals surface area contributed by atoms with Crippen LogP contribution in [0, 0.1) is 5.92 Å². The largest absolute Gasteiger partial charge is 0.310 e. The van der Waals surface area contributed by atoms with Gasteiger partial charge in [0.1, 0.15) is 0 Å². The zero-order chi connectivity index (χ0) is 14.4. The Kier molecular flexibility index (Phi) is 5.54. The number of hydrogen-bond donors (Lipinski definition) is 1. The minimum Gasteiger partial charge on any atom is -0.310 e. The zero-order valence-electron chi connectivity index (χ0n) is 12.9. The van der Waals surface area contributed by atoms with Gasteiger partial charge in [0.15, 0.2) is 0 Å². The van der Waals surface area contributed by atoms with E-state index in [0.29, 0.717) is 6.04 Å². The molecule has 0 spiro atoms. The Morgan fingerprint density at radius 3 is 2.75 bits per heavy atom. The molecule has 20 heavy (non-hydrogen) atoms. The molecule has 0 amide bonds. The molecule has 0 aliphatic carbocycles. The van der Waals surface area contributed by atoms with Crippen LogP contribution in [0.5, 0.6) is 0 Å². The summed E-state index contributed by atoms with van der Waals surface area (Å²) in [6.07, 6.45) is 7.47. The van der Waals surface area contributed by atoms with E-state index in [4.69, 9.17) is 0 Å². The molecular weight excluding hydrogens is 244 g/mol. The van der Waals surface area contributed by atoms with Crippen molar-refractivity contribution in [3.05, 3.63) is 42.2 Å². The highest BCUT2D eigenvalue weighted by atomic mass is 14.9. The van der Waals surface area contributed by atoms with Crippen LogP contribution < -0.4 is 5.32 Å². The Balaban J connectivity index is 2.29. The van der Waals surface area contributed by atoms with Crippen molar-refractivity contribution in [2.75, 3.05) is 6.54 Å². The third-order valence-electron chi connectivity index (χ3n) is 3.77. The zero-order valence-corrected chi connectivity index (χ0v) is 12.9. The van der Waals surface area contributed by atoms with E-state index >= 15 is 0 Å². The fourth-order valence-corrected chi connectivity index (χ4v) is 2.63. The average molecular weight is 270 g/mol. The second kappa shape index (κ2) is 7.39. The van der Waals surface area contributed by atoms with E-state index in [9.17, 15) is 0 Å².